The van der Waals surface area contributed by atoms with Gasteiger partial charge >= 0.3 is 0 Å². The Bertz CT molecular complexity index is 610. The average molecular weight is 203 g/mol. The highest BCUT2D eigenvalue weighted by molar-refractivity contribution is 6.36. The largest absolute Gasteiger partial charge is 0.464 e. The molecular formula is C12H7ClO. The molecule has 0 bridgehead atoms. The van der Waals surface area contributed by atoms with Crippen LogP contribution in [0, 0.1) is 0 Å². The van der Waals surface area contributed by atoms with Crippen molar-refractivity contribution in [2.45, 2.75) is 0 Å². The van der Waals surface area contributed by atoms with Crippen LogP contribution in [0.3, 0.4) is 0 Å². The van der Waals surface area contributed by atoms with E-state index in [4.69, 9.17) is 16.0 Å². The number of benzene rings is 2. The molecule has 14 heavy (non-hydrogen) atoms. The van der Waals surface area contributed by atoms with E-state index in [1.54, 1.807) is 6.26 Å². The summed E-state index contributed by atoms with van der Waals surface area (Å²) in [5.41, 5.74) is 0.903. The highest BCUT2D eigenvalue weighted by Gasteiger charge is 2.04. The molecular weight excluding hydrogens is 196 g/mol. The quantitative estimate of drug-likeness (QED) is 0.532. The molecule has 0 aliphatic heterocycles. The Morgan fingerprint density at radius 1 is 0.857 bits per heavy atom. The molecule has 0 unspecified atom stereocenters. The molecule has 0 aliphatic carbocycles. The van der Waals surface area contributed by atoms with Gasteiger partial charge in [-0.25, -0.2) is 0 Å². The number of hydrogen-bond acceptors (Lipinski definition) is 1. The van der Waals surface area contributed by atoms with Crippen LogP contribution in [0.15, 0.2) is 47.1 Å². The first-order chi connectivity index (χ1) is 6.86. The van der Waals surface area contributed by atoms with E-state index in [9.17, 15) is 0 Å². The van der Waals surface area contributed by atoms with E-state index in [0.717, 1.165) is 26.8 Å². The summed E-state index contributed by atoms with van der Waals surface area (Å²) in [4.78, 5) is 0. The van der Waals surface area contributed by atoms with Gasteiger partial charge in [-0.05, 0) is 29.7 Å². The molecule has 0 fully saturated rings. The summed E-state index contributed by atoms with van der Waals surface area (Å²) >= 11 is 6.09. The van der Waals surface area contributed by atoms with Gasteiger partial charge in [-0.15, -0.1) is 0 Å². The molecule has 0 radical (unpaired) electrons. The third-order valence-electron chi connectivity index (χ3n) is 2.44. The third-order valence-corrected chi connectivity index (χ3v) is 2.77. The van der Waals surface area contributed by atoms with Crippen LogP contribution in [0.5, 0.6) is 0 Å². The zero-order valence-electron chi connectivity index (χ0n) is 7.33. The van der Waals surface area contributed by atoms with Crippen molar-refractivity contribution in [1.82, 2.24) is 0 Å². The van der Waals surface area contributed by atoms with E-state index >= 15 is 0 Å². The predicted octanol–water partition coefficient (Wildman–Crippen LogP) is 4.24. The Morgan fingerprint density at radius 2 is 1.79 bits per heavy atom. The predicted molar refractivity (Wildman–Crippen MR) is 58.7 cm³/mol. The van der Waals surface area contributed by atoms with E-state index in [1.807, 2.05) is 30.3 Å². The van der Waals surface area contributed by atoms with Crippen LogP contribution in [0.2, 0.25) is 5.02 Å². The lowest BCUT2D eigenvalue weighted by Gasteiger charge is -2.00. The van der Waals surface area contributed by atoms with Crippen LogP contribution in [-0.2, 0) is 0 Å². The normalized spacial score (nSPS) is 11.2. The number of rotatable bonds is 0. The molecule has 0 atom stereocenters. The van der Waals surface area contributed by atoms with Crippen molar-refractivity contribution < 1.29 is 4.42 Å². The van der Waals surface area contributed by atoms with E-state index in [1.165, 1.54) is 0 Å². The second-order valence-electron chi connectivity index (χ2n) is 3.23. The Morgan fingerprint density at radius 3 is 2.71 bits per heavy atom. The first kappa shape index (κ1) is 7.89. The Balaban J connectivity index is 2.64. The molecule has 0 saturated carbocycles. The fourth-order valence-electron chi connectivity index (χ4n) is 1.77. The Kier molecular flexibility index (Phi) is 1.55. The topological polar surface area (TPSA) is 13.1 Å². The van der Waals surface area contributed by atoms with Crippen molar-refractivity contribution in [2.24, 2.45) is 0 Å². The fourth-order valence-corrected chi connectivity index (χ4v) is 2.01. The molecule has 1 aromatic heterocycles. The molecule has 3 aromatic rings. The summed E-state index contributed by atoms with van der Waals surface area (Å²) in [5.74, 6) is 0. The fraction of sp³-hybridized carbons (Fsp3) is 0. The SMILES string of the molecule is Clc1cccc2c1ccc1occc12. The van der Waals surface area contributed by atoms with Gasteiger partial charge in [-0.1, -0.05) is 23.7 Å². The molecule has 2 heteroatoms. The van der Waals surface area contributed by atoms with Gasteiger partial charge in [0.05, 0.1) is 6.26 Å². The highest BCUT2D eigenvalue weighted by Crippen LogP contribution is 2.30. The van der Waals surface area contributed by atoms with E-state index in [-0.39, 0.29) is 0 Å². The molecule has 0 N–H and O–H groups in total. The van der Waals surface area contributed by atoms with Gasteiger partial charge in [0.2, 0.25) is 0 Å². The van der Waals surface area contributed by atoms with Crippen LogP contribution < -0.4 is 0 Å². The van der Waals surface area contributed by atoms with Crippen molar-refractivity contribution in [1.29, 1.82) is 0 Å². The molecule has 0 spiro atoms. The van der Waals surface area contributed by atoms with Gasteiger partial charge < -0.3 is 4.42 Å². The van der Waals surface area contributed by atoms with E-state index in [2.05, 4.69) is 6.07 Å². The molecule has 2 aromatic carbocycles. The van der Waals surface area contributed by atoms with Gasteiger partial charge in [0.25, 0.3) is 0 Å². The maximum Gasteiger partial charge on any atom is 0.134 e. The minimum absolute atomic E-state index is 0.783. The number of hydrogen-bond donors (Lipinski definition) is 0. The highest BCUT2D eigenvalue weighted by atomic mass is 35.5. The van der Waals surface area contributed by atoms with Crippen LogP contribution in [0.4, 0.5) is 0 Å². The van der Waals surface area contributed by atoms with E-state index in [0.29, 0.717) is 0 Å². The molecule has 0 aliphatic rings. The number of halogens is 1. The minimum Gasteiger partial charge on any atom is -0.464 e. The smallest absolute Gasteiger partial charge is 0.134 e. The molecule has 1 nitrogen and oxygen atoms in total. The average Bonchev–Trinajstić information content (AvgIpc) is 2.66. The summed E-state index contributed by atoms with van der Waals surface area (Å²) in [6, 6.07) is 11.8. The van der Waals surface area contributed by atoms with Crippen LogP contribution in [0.25, 0.3) is 21.7 Å². The van der Waals surface area contributed by atoms with Crippen molar-refractivity contribution in [3.05, 3.63) is 47.7 Å². The lowest BCUT2D eigenvalue weighted by molar-refractivity contribution is 0.616. The standard InChI is InChI=1S/C12H7ClO/c13-11-3-1-2-8-9(11)4-5-12-10(8)6-7-14-12/h1-7H. The van der Waals surface area contributed by atoms with Crippen molar-refractivity contribution in [2.75, 3.05) is 0 Å². The number of furan rings is 1. The Hall–Kier alpha value is -1.47. The molecule has 0 amide bonds. The van der Waals surface area contributed by atoms with Crippen LogP contribution in [0.1, 0.15) is 0 Å². The molecule has 1 heterocycles. The van der Waals surface area contributed by atoms with Crippen molar-refractivity contribution in [3.63, 3.8) is 0 Å². The van der Waals surface area contributed by atoms with Crippen molar-refractivity contribution >= 4 is 33.3 Å². The summed E-state index contributed by atoms with van der Waals surface area (Å²) < 4.78 is 5.32. The summed E-state index contributed by atoms with van der Waals surface area (Å²) in [6.07, 6.45) is 1.70. The monoisotopic (exact) mass is 202 g/mol. The zero-order valence-corrected chi connectivity index (χ0v) is 8.08. The van der Waals surface area contributed by atoms with Gasteiger partial charge in [-0.2, -0.15) is 0 Å². The van der Waals surface area contributed by atoms with Crippen LogP contribution in [-0.4, -0.2) is 0 Å². The summed E-state index contributed by atoms with van der Waals surface area (Å²) in [5, 5.41) is 4.11. The second-order valence-corrected chi connectivity index (χ2v) is 3.64. The first-order valence-corrected chi connectivity index (χ1v) is 4.78. The summed E-state index contributed by atoms with van der Waals surface area (Å²) in [7, 11) is 0. The molecule has 68 valence electrons. The second kappa shape index (κ2) is 2.76. The lowest BCUT2D eigenvalue weighted by atomic mass is 10.1. The maximum atomic E-state index is 6.09. The molecule has 3 rings (SSSR count). The maximum absolute atomic E-state index is 6.09. The van der Waals surface area contributed by atoms with Gasteiger partial charge in [0.1, 0.15) is 5.58 Å². The minimum atomic E-state index is 0.783. The number of fused-ring (bicyclic) bond motifs is 3. The Labute approximate surface area is 85.9 Å². The van der Waals surface area contributed by atoms with E-state index < -0.39 is 0 Å². The molecule has 0 saturated heterocycles. The third kappa shape index (κ3) is 0.962. The van der Waals surface area contributed by atoms with Crippen molar-refractivity contribution in [3.8, 4) is 0 Å². The van der Waals surface area contributed by atoms with Gasteiger partial charge in [0.15, 0.2) is 0 Å². The summed E-state index contributed by atoms with van der Waals surface area (Å²) in [6.45, 7) is 0. The zero-order chi connectivity index (χ0) is 9.54. The lowest BCUT2D eigenvalue weighted by Crippen LogP contribution is -1.74. The first-order valence-electron chi connectivity index (χ1n) is 4.41. The van der Waals surface area contributed by atoms with Gasteiger partial charge in [0, 0.05) is 15.8 Å². The van der Waals surface area contributed by atoms with Crippen LogP contribution >= 0.6 is 11.6 Å². The van der Waals surface area contributed by atoms with Gasteiger partial charge in [-0.3, -0.25) is 0 Å².